The topological polar surface area (TPSA) is 29.4 Å². The molecule has 0 fully saturated rings. The van der Waals surface area contributed by atoms with Gasteiger partial charge in [0, 0.05) is 0 Å². The third-order valence-corrected chi connectivity index (χ3v) is 2.47. The average Bonchev–Trinajstić information content (AvgIpc) is 2.61. The molecule has 0 unspecified atom stereocenters. The fourth-order valence-corrected chi connectivity index (χ4v) is 1.82. The van der Waals surface area contributed by atoms with Gasteiger partial charge in [-0.25, -0.2) is 0 Å². The van der Waals surface area contributed by atoms with Crippen LogP contribution in [0.1, 0.15) is 10.4 Å². The summed E-state index contributed by atoms with van der Waals surface area (Å²) in [6.07, 6.45) is 1.39. The van der Waals surface area contributed by atoms with Gasteiger partial charge >= 0.3 is 0 Å². The van der Waals surface area contributed by atoms with Crippen molar-refractivity contribution in [2.45, 2.75) is 0 Å². The van der Waals surface area contributed by atoms with Crippen molar-refractivity contribution >= 4 is 28.5 Å². The quantitative estimate of drug-likeness (QED) is 0.614. The monoisotopic (exact) mass is 181 g/mol. The van der Waals surface area contributed by atoms with Crippen molar-refractivity contribution in [3.05, 3.63) is 42.0 Å². The third kappa shape index (κ3) is 0.852. The van der Waals surface area contributed by atoms with Crippen LogP contribution in [0.15, 0.2) is 41.4 Å². The number of rotatable bonds is 0. The van der Waals surface area contributed by atoms with Crippen molar-refractivity contribution < 1.29 is 4.79 Å². The van der Waals surface area contributed by atoms with Crippen LogP contribution in [0.4, 0.5) is 5.69 Å². The first-order valence-corrected chi connectivity index (χ1v) is 4.46. The van der Waals surface area contributed by atoms with Gasteiger partial charge in [0.25, 0.3) is 0 Å². The summed E-state index contributed by atoms with van der Waals surface area (Å²) in [5, 5.41) is 2.08. The van der Waals surface area contributed by atoms with Crippen LogP contribution >= 0.6 is 0 Å². The summed E-state index contributed by atoms with van der Waals surface area (Å²) >= 11 is 0. The molecule has 0 bridgehead atoms. The number of carbonyl (C=O) groups excluding carboxylic acids is 1. The fourth-order valence-electron chi connectivity index (χ4n) is 1.82. The van der Waals surface area contributed by atoms with E-state index in [-0.39, 0.29) is 5.78 Å². The second kappa shape index (κ2) is 2.51. The number of fused-ring (bicyclic) bond motifs is 3. The number of Topliss-reactive ketones (excluding diaryl/α,β-unsaturated/α-hetero) is 1. The molecule has 2 aromatic rings. The van der Waals surface area contributed by atoms with Crippen molar-refractivity contribution in [1.82, 2.24) is 0 Å². The highest BCUT2D eigenvalue weighted by molar-refractivity contribution is 6.42. The van der Waals surface area contributed by atoms with Crippen LogP contribution in [0.3, 0.4) is 0 Å². The largest absolute Gasteiger partial charge is 0.287 e. The Balaban J connectivity index is 2.50. The first-order valence-electron chi connectivity index (χ1n) is 4.46. The number of hydrogen-bond donors (Lipinski definition) is 0. The normalized spacial score (nSPS) is 13.6. The maximum atomic E-state index is 11.5. The summed E-state index contributed by atoms with van der Waals surface area (Å²) in [4.78, 5) is 15.6. The summed E-state index contributed by atoms with van der Waals surface area (Å²) in [5.41, 5.74) is 1.52. The highest BCUT2D eigenvalue weighted by Crippen LogP contribution is 2.31. The fraction of sp³-hybridized carbons (Fsp3) is 0. The van der Waals surface area contributed by atoms with Gasteiger partial charge < -0.3 is 0 Å². The second-order valence-corrected chi connectivity index (χ2v) is 3.30. The maximum Gasteiger partial charge on any atom is 0.206 e. The SMILES string of the molecule is O=C1C=Nc2ccc3ccccc3c21. The molecule has 0 atom stereocenters. The molecule has 0 spiro atoms. The van der Waals surface area contributed by atoms with E-state index in [2.05, 4.69) is 4.99 Å². The zero-order valence-electron chi connectivity index (χ0n) is 7.40. The molecule has 0 saturated heterocycles. The minimum absolute atomic E-state index is 0.0109. The van der Waals surface area contributed by atoms with Crippen LogP contribution in [-0.4, -0.2) is 12.0 Å². The Hall–Kier alpha value is -1.96. The minimum atomic E-state index is 0.0109. The Morgan fingerprint density at radius 1 is 1.00 bits per heavy atom. The summed E-state index contributed by atoms with van der Waals surface area (Å²) < 4.78 is 0. The predicted molar refractivity (Wildman–Crippen MR) is 56.4 cm³/mol. The Bertz CT molecular complexity index is 570. The van der Waals surface area contributed by atoms with Crippen LogP contribution in [0.2, 0.25) is 0 Å². The Labute approximate surface area is 80.9 Å². The summed E-state index contributed by atoms with van der Waals surface area (Å²) in [5.74, 6) is 0.0109. The van der Waals surface area contributed by atoms with Gasteiger partial charge in [0.05, 0.1) is 17.5 Å². The van der Waals surface area contributed by atoms with Gasteiger partial charge in [0.2, 0.25) is 5.78 Å². The zero-order chi connectivity index (χ0) is 9.54. The van der Waals surface area contributed by atoms with Gasteiger partial charge in [0.15, 0.2) is 0 Å². The van der Waals surface area contributed by atoms with Crippen LogP contribution in [0.25, 0.3) is 10.8 Å². The maximum absolute atomic E-state index is 11.5. The van der Waals surface area contributed by atoms with Crippen LogP contribution in [0, 0.1) is 0 Å². The molecule has 2 heteroatoms. The van der Waals surface area contributed by atoms with E-state index in [1.54, 1.807) is 0 Å². The van der Waals surface area contributed by atoms with Crippen molar-refractivity contribution in [3.8, 4) is 0 Å². The lowest BCUT2D eigenvalue weighted by Crippen LogP contribution is -1.94. The number of hydrogen-bond acceptors (Lipinski definition) is 2. The number of ketones is 1. The molecular formula is C12H7NO. The van der Waals surface area contributed by atoms with Crippen LogP contribution < -0.4 is 0 Å². The molecule has 2 aromatic carbocycles. The summed E-state index contributed by atoms with van der Waals surface area (Å²) in [6.45, 7) is 0. The van der Waals surface area contributed by atoms with E-state index in [0.717, 1.165) is 22.0 Å². The predicted octanol–water partition coefficient (Wildman–Crippen LogP) is 2.74. The molecule has 0 aliphatic carbocycles. The number of benzene rings is 2. The lowest BCUT2D eigenvalue weighted by Gasteiger charge is -2.01. The summed E-state index contributed by atoms with van der Waals surface area (Å²) in [6, 6.07) is 11.7. The standard InChI is InChI=1S/C12H7NO/c14-11-7-13-10-6-5-8-3-1-2-4-9(8)12(10)11/h1-7H. The van der Waals surface area contributed by atoms with Gasteiger partial charge in [-0.2, -0.15) is 0 Å². The molecule has 14 heavy (non-hydrogen) atoms. The molecule has 0 N–H and O–H groups in total. The average molecular weight is 181 g/mol. The number of nitrogens with zero attached hydrogens (tertiary/aromatic N) is 1. The first-order chi connectivity index (χ1) is 6.86. The Morgan fingerprint density at radius 3 is 2.79 bits per heavy atom. The van der Waals surface area contributed by atoms with E-state index in [1.807, 2.05) is 36.4 Å². The third-order valence-electron chi connectivity index (χ3n) is 2.47. The molecule has 3 rings (SSSR count). The molecule has 0 saturated carbocycles. The van der Waals surface area contributed by atoms with Crippen molar-refractivity contribution in [2.24, 2.45) is 4.99 Å². The molecule has 1 aliphatic rings. The van der Waals surface area contributed by atoms with Gasteiger partial charge in [-0.15, -0.1) is 0 Å². The van der Waals surface area contributed by atoms with E-state index in [4.69, 9.17) is 0 Å². The van der Waals surface area contributed by atoms with Crippen LogP contribution in [0.5, 0.6) is 0 Å². The smallest absolute Gasteiger partial charge is 0.206 e. The molecule has 1 aliphatic heterocycles. The molecule has 0 radical (unpaired) electrons. The molecule has 1 heterocycles. The number of aliphatic imine (C=N–C) groups is 1. The highest BCUT2D eigenvalue weighted by atomic mass is 16.1. The second-order valence-electron chi connectivity index (χ2n) is 3.30. The van der Waals surface area contributed by atoms with Crippen molar-refractivity contribution in [1.29, 1.82) is 0 Å². The highest BCUT2D eigenvalue weighted by Gasteiger charge is 2.17. The van der Waals surface area contributed by atoms with E-state index in [0.29, 0.717) is 0 Å². The minimum Gasteiger partial charge on any atom is -0.287 e. The van der Waals surface area contributed by atoms with E-state index >= 15 is 0 Å². The molecule has 0 amide bonds. The van der Waals surface area contributed by atoms with Crippen LogP contribution in [-0.2, 0) is 0 Å². The van der Waals surface area contributed by atoms with Crippen molar-refractivity contribution in [2.75, 3.05) is 0 Å². The lowest BCUT2D eigenvalue weighted by molar-refractivity contribution is 0.107. The van der Waals surface area contributed by atoms with Gasteiger partial charge in [-0.05, 0) is 16.8 Å². The Morgan fingerprint density at radius 2 is 1.86 bits per heavy atom. The molecule has 66 valence electrons. The van der Waals surface area contributed by atoms with Gasteiger partial charge in [-0.1, -0.05) is 30.3 Å². The van der Waals surface area contributed by atoms with Crippen molar-refractivity contribution in [3.63, 3.8) is 0 Å². The molecule has 2 nitrogen and oxygen atoms in total. The van der Waals surface area contributed by atoms with E-state index in [1.165, 1.54) is 6.21 Å². The van der Waals surface area contributed by atoms with E-state index in [9.17, 15) is 4.79 Å². The van der Waals surface area contributed by atoms with E-state index < -0.39 is 0 Å². The first kappa shape index (κ1) is 7.44. The lowest BCUT2D eigenvalue weighted by atomic mass is 10.0. The zero-order valence-corrected chi connectivity index (χ0v) is 7.40. The Kier molecular flexibility index (Phi) is 1.34. The van der Waals surface area contributed by atoms with Gasteiger partial charge in [0.1, 0.15) is 0 Å². The molecular weight excluding hydrogens is 174 g/mol. The van der Waals surface area contributed by atoms with Gasteiger partial charge in [-0.3, -0.25) is 9.79 Å². The summed E-state index contributed by atoms with van der Waals surface area (Å²) in [7, 11) is 0. The number of carbonyl (C=O) groups is 1. The molecule has 0 aromatic heterocycles.